The van der Waals surface area contributed by atoms with Gasteiger partial charge in [0.25, 0.3) is 11.8 Å². The molecule has 1 amide bonds. The first kappa shape index (κ1) is 50.3. The first-order chi connectivity index (χ1) is 33.9. The van der Waals surface area contributed by atoms with Crippen LogP contribution in [0.25, 0.3) is 11.5 Å². The summed E-state index contributed by atoms with van der Waals surface area (Å²) in [4.78, 5) is 80.5. The zero-order chi connectivity index (χ0) is 52.1. The Labute approximate surface area is 417 Å². The summed E-state index contributed by atoms with van der Waals surface area (Å²) in [6.45, 7) is 10.5. The predicted octanol–water partition coefficient (Wildman–Crippen LogP) is 5.59. The van der Waals surface area contributed by atoms with Crippen molar-refractivity contribution in [2.24, 2.45) is 29.4 Å². The van der Waals surface area contributed by atoms with Gasteiger partial charge in [-0.2, -0.15) is 0 Å². The number of hydrogen-bond acceptors (Lipinski definition) is 17. The lowest BCUT2D eigenvalue weighted by atomic mass is 9.57. The molecule has 2 fully saturated rings. The van der Waals surface area contributed by atoms with Crippen LogP contribution in [-0.4, -0.2) is 128 Å². The number of pyridine rings is 2. The minimum Gasteiger partial charge on any atom is -0.508 e. The van der Waals surface area contributed by atoms with Gasteiger partial charge in [0.05, 0.1) is 23.5 Å². The van der Waals surface area contributed by atoms with Gasteiger partial charge in [0.2, 0.25) is 17.3 Å². The molecular formula is C53H60N6O12Si. The first-order valence-corrected chi connectivity index (χ1v) is 26.9. The lowest BCUT2D eigenvalue weighted by Crippen LogP contribution is -2.68. The highest BCUT2D eigenvalue weighted by atomic mass is 28.4. The number of fused-ring (bicyclic) bond motifs is 7. The summed E-state index contributed by atoms with van der Waals surface area (Å²) in [5.41, 5.74) is 3.55. The van der Waals surface area contributed by atoms with Crippen molar-refractivity contribution in [3.05, 3.63) is 129 Å². The topological polar surface area (TPSA) is 269 Å². The number of nitrogens with zero attached hydrogens (tertiary/aromatic N) is 5. The molecule has 0 aliphatic heterocycles. The zero-order valence-corrected chi connectivity index (χ0v) is 42.7. The van der Waals surface area contributed by atoms with Crippen LogP contribution in [0, 0.1) is 23.7 Å². The summed E-state index contributed by atoms with van der Waals surface area (Å²) in [6.07, 6.45) is 4.65. The molecule has 1 aromatic carbocycles. The predicted molar refractivity (Wildman–Crippen MR) is 264 cm³/mol. The number of carbonyl (C=O) groups is 5. The maximum absolute atomic E-state index is 15.1. The summed E-state index contributed by atoms with van der Waals surface area (Å²) in [7, 11) is 4.20. The third-order valence-electron chi connectivity index (χ3n) is 16.0. The van der Waals surface area contributed by atoms with E-state index in [4.69, 9.17) is 19.4 Å². The second-order valence-electron chi connectivity index (χ2n) is 21.6. The Kier molecular flexibility index (Phi) is 12.5. The second-order valence-corrected chi connectivity index (χ2v) is 26.4. The number of aromatic nitrogens is 3. The van der Waals surface area contributed by atoms with Crippen LogP contribution in [0.3, 0.4) is 0 Å². The van der Waals surface area contributed by atoms with E-state index in [1.165, 1.54) is 4.90 Å². The molecule has 6 aliphatic carbocycles. The fourth-order valence-corrected chi connectivity index (χ4v) is 13.1. The van der Waals surface area contributed by atoms with Crippen molar-refractivity contribution in [3.8, 4) is 5.88 Å². The van der Waals surface area contributed by atoms with E-state index < -0.39 is 89.7 Å². The Hall–Kier alpha value is -6.64. The molecule has 2 saturated carbocycles. The molecule has 0 saturated heterocycles. The molecule has 72 heavy (non-hydrogen) atoms. The Morgan fingerprint density at radius 3 is 1.86 bits per heavy atom. The number of rotatable bonds is 8. The number of benzene rings is 1. The van der Waals surface area contributed by atoms with Crippen molar-refractivity contribution in [1.82, 2.24) is 24.9 Å². The summed E-state index contributed by atoms with van der Waals surface area (Å²) >= 11 is 0. The third-order valence-corrected chi connectivity index (χ3v) is 20.4. The van der Waals surface area contributed by atoms with Gasteiger partial charge in [0.1, 0.15) is 35.0 Å². The van der Waals surface area contributed by atoms with Gasteiger partial charge in [-0.25, -0.2) is 0 Å². The molecule has 0 unspecified atom stereocenters. The highest BCUT2D eigenvalue weighted by molar-refractivity contribution is 6.74. The van der Waals surface area contributed by atoms with Gasteiger partial charge in [0, 0.05) is 46.5 Å². The van der Waals surface area contributed by atoms with Crippen LogP contribution in [0.4, 0.5) is 0 Å². The monoisotopic (exact) mass is 1000 g/mol. The number of carbonyl (C=O) groups excluding carboxylic acids is 5. The normalized spacial score (nSPS) is 27.8. The van der Waals surface area contributed by atoms with Crippen LogP contribution < -0.4 is 10.5 Å². The minimum absolute atomic E-state index is 0.0357. The average molecular weight is 1000 g/mol. The molecule has 6 N–H and O–H groups in total. The van der Waals surface area contributed by atoms with Gasteiger partial charge in [-0.15, -0.1) is 0 Å². The second kappa shape index (κ2) is 17.8. The van der Waals surface area contributed by atoms with Gasteiger partial charge in [-0.3, -0.25) is 43.7 Å². The molecule has 0 bridgehead atoms. The first-order valence-electron chi connectivity index (χ1n) is 24.0. The van der Waals surface area contributed by atoms with Crippen LogP contribution in [0.15, 0.2) is 94.0 Å². The molecule has 19 heteroatoms. The number of aliphatic hydroxyl groups is 4. The summed E-state index contributed by atoms with van der Waals surface area (Å²) in [5, 5.41) is 48.3. The molecule has 8 atom stereocenters. The quantitative estimate of drug-likeness (QED) is 0.0818. The van der Waals surface area contributed by atoms with Gasteiger partial charge in [-0.1, -0.05) is 51.1 Å². The number of nitrogens with two attached hydrogens (primary N) is 1. The van der Waals surface area contributed by atoms with E-state index in [2.05, 4.69) is 35.9 Å². The molecule has 4 aromatic rings. The van der Waals surface area contributed by atoms with E-state index in [1.807, 2.05) is 62.4 Å². The van der Waals surface area contributed by atoms with Crippen LogP contribution in [-0.2, 0) is 43.1 Å². The van der Waals surface area contributed by atoms with Crippen LogP contribution in [0.1, 0.15) is 83.9 Å². The lowest BCUT2D eigenvalue weighted by Gasteiger charge is -2.55. The standard InChI is InChI=1S/C33H39N3O6Si.C20H21N3O6/c1-32(2,3)43(6,7)42-33-22(16-20-17-23-21(14-11-15-34-23)27(37)24(20)29(33)38)26(36(4)5)28-25(30(33)39)31(35-41-28)40-18-19-12-9-8-10-13-19;1-23(2)14-10-6-8-7-11-9(4-3-5-22-11)15(24)12(8)17(26)20(10,29)18(27)13(16(14)25)19(21)28/h8-15,20,22,26,37H,16-18H2,1-7H3;3-5,8,10,14,24,27,29H,6-7H2,1-2H3,(H2,21,28)/t20-,22+,26+,33+;8-,10+,14+,20+/m11/s1. The highest BCUT2D eigenvalue weighted by Gasteiger charge is 2.69. The van der Waals surface area contributed by atoms with E-state index in [9.17, 15) is 34.8 Å². The Balaban J connectivity index is 0.000000192. The fourth-order valence-electron chi connectivity index (χ4n) is 11.6. The van der Waals surface area contributed by atoms with Gasteiger partial charge in [0.15, 0.2) is 31.1 Å². The lowest BCUT2D eigenvalue weighted by molar-refractivity contribution is -0.153. The maximum Gasteiger partial charge on any atom is 0.265 e. The van der Waals surface area contributed by atoms with Crippen molar-refractivity contribution in [2.75, 3.05) is 28.2 Å². The molecule has 0 spiro atoms. The van der Waals surface area contributed by atoms with Crippen LogP contribution in [0.5, 0.6) is 5.88 Å². The Morgan fingerprint density at radius 1 is 0.792 bits per heavy atom. The SMILES string of the molecule is CN(C)[C@@H]1C(=O)C(C(N)=O)=C(O)[C@@]2(O)C(=O)C3=C(O)c4cccnc4C[C@H]3C[C@@H]12.CN(C)[C@@H]1c2onc(OCc3ccccc3)c2C(=O)[C@@]2(O[Si](C)(C)C(C)(C)C)C(=O)C3=C(O)c4cccnc4C[C@H]3C[C@@H]12. The number of primary amides is 1. The van der Waals surface area contributed by atoms with E-state index in [-0.39, 0.29) is 58.1 Å². The fraction of sp³-hybridized carbons (Fsp3) is 0.434. The highest BCUT2D eigenvalue weighted by Crippen LogP contribution is 2.59. The van der Waals surface area contributed by atoms with Crippen molar-refractivity contribution in [3.63, 3.8) is 0 Å². The number of likely N-dealkylation sites (N-methyl/N-ethyl adjacent to an activating group) is 1. The molecule has 18 nitrogen and oxygen atoms in total. The summed E-state index contributed by atoms with van der Waals surface area (Å²) in [6, 6.07) is 14.8. The maximum atomic E-state index is 15.1. The van der Waals surface area contributed by atoms with Crippen molar-refractivity contribution < 1.29 is 58.1 Å². The van der Waals surface area contributed by atoms with E-state index in [0.29, 0.717) is 41.8 Å². The molecule has 10 rings (SSSR count). The number of ether oxygens (including phenoxy) is 1. The van der Waals surface area contributed by atoms with Crippen LogP contribution >= 0.6 is 0 Å². The van der Waals surface area contributed by atoms with Gasteiger partial charge < -0.3 is 39.8 Å². The number of Topliss-reactive ketones (excluding diaryl/α,β-unsaturated/α-hetero) is 4. The molecule has 6 aliphatic rings. The molecule has 3 aromatic heterocycles. The minimum atomic E-state index is -2.77. The van der Waals surface area contributed by atoms with E-state index >= 15 is 9.59 Å². The van der Waals surface area contributed by atoms with Gasteiger partial charge in [-0.05, 0) is 119 Å². The average Bonchev–Trinajstić information content (AvgIpc) is 3.74. The zero-order valence-electron chi connectivity index (χ0n) is 41.7. The number of hydrogen-bond donors (Lipinski definition) is 5. The smallest absolute Gasteiger partial charge is 0.265 e. The molecule has 3 heterocycles. The van der Waals surface area contributed by atoms with Gasteiger partial charge >= 0.3 is 0 Å². The molecule has 0 radical (unpaired) electrons. The third kappa shape index (κ3) is 7.57. The Bertz CT molecular complexity index is 3040. The van der Waals surface area contributed by atoms with Crippen LogP contribution in [0.2, 0.25) is 18.1 Å². The van der Waals surface area contributed by atoms with E-state index in [0.717, 1.165) is 11.3 Å². The van der Waals surface area contributed by atoms with E-state index in [1.54, 1.807) is 50.8 Å². The number of aliphatic hydroxyl groups excluding tert-OH is 3. The van der Waals surface area contributed by atoms with Crippen molar-refractivity contribution >= 4 is 48.9 Å². The number of amides is 1. The summed E-state index contributed by atoms with van der Waals surface area (Å²) in [5.74, 6) is -7.39. The molecule has 378 valence electrons. The van der Waals surface area contributed by atoms with Crippen molar-refractivity contribution in [1.29, 1.82) is 0 Å². The number of ketones is 4. The van der Waals surface area contributed by atoms with Crippen molar-refractivity contribution in [2.45, 2.75) is 94.5 Å². The Morgan fingerprint density at radius 2 is 1.33 bits per heavy atom. The molecular weight excluding hydrogens is 941 g/mol. The largest absolute Gasteiger partial charge is 0.508 e. The summed E-state index contributed by atoms with van der Waals surface area (Å²) < 4.78 is 19.1.